The van der Waals surface area contributed by atoms with Gasteiger partial charge in [0.05, 0.1) is 25.9 Å². The summed E-state index contributed by atoms with van der Waals surface area (Å²) < 4.78 is 92.1. The first-order chi connectivity index (χ1) is 27.2. The van der Waals surface area contributed by atoms with Gasteiger partial charge in [0.25, 0.3) is 11.8 Å². The SMILES string of the molecule is COc1ccc2c(OC3CC4C(=O)NC5(C(=O)NS(=O)(=O)C6(CF)CC6)CC5C=CCCC(C)OC(C)C(NC(=O)OC(C)(C)C(C)(F)F)C(=O)N4C3)nccc2c1. The summed E-state index contributed by atoms with van der Waals surface area (Å²) in [6.07, 6.45) is 1.91. The number of halogens is 3. The third-order valence-corrected chi connectivity index (χ3v) is 13.8. The Balaban J connectivity index is 1.35. The molecule has 2 aromatic rings. The van der Waals surface area contributed by atoms with Crippen LogP contribution in [0.25, 0.3) is 10.8 Å². The van der Waals surface area contributed by atoms with Gasteiger partial charge in [0.2, 0.25) is 27.7 Å². The first-order valence-electron chi connectivity index (χ1n) is 19.2. The molecule has 3 heterocycles. The summed E-state index contributed by atoms with van der Waals surface area (Å²) in [4.78, 5) is 61.8. The quantitative estimate of drug-likeness (QED) is 0.292. The monoisotopic (exact) mass is 837 g/mol. The van der Waals surface area contributed by atoms with Gasteiger partial charge in [0.1, 0.15) is 40.9 Å². The van der Waals surface area contributed by atoms with Crippen molar-refractivity contribution in [2.45, 2.75) is 125 Å². The fourth-order valence-electron chi connectivity index (χ4n) is 7.24. The largest absolute Gasteiger partial charge is 0.497 e. The summed E-state index contributed by atoms with van der Waals surface area (Å²) in [7, 11) is -2.93. The van der Waals surface area contributed by atoms with Crippen LogP contribution in [-0.4, -0.2) is 115 Å². The van der Waals surface area contributed by atoms with Gasteiger partial charge in [-0.3, -0.25) is 19.1 Å². The molecule has 15 nitrogen and oxygen atoms in total. The smallest absolute Gasteiger partial charge is 0.408 e. The minimum atomic E-state index is -4.45. The molecule has 7 atom stereocenters. The summed E-state index contributed by atoms with van der Waals surface area (Å²) in [6, 6.07) is 4.03. The number of amides is 4. The molecule has 318 valence electrons. The number of nitrogens with one attached hydrogen (secondary N) is 3. The van der Waals surface area contributed by atoms with E-state index < -0.39 is 98.6 Å². The van der Waals surface area contributed by atoms with Gasteiger partial charge in [-0.05, 0) is 89.5 Å². The van der Waals surface area contributed by atoms with Crippen molar-refractivity contribution in [2.75, 3.05) is 20.3 Å². The Morgan fingerprint density at radius 2 is 1.86 bits per heavy atom. The van der Waals surface area contributed by atoms with E-state index in [1.165, 1.54) is 20.2 Å². The number of hydrogen-bond donors (Lipinski definition) is 3. The molecular formula is C39H50F3N5O10S. The highest BCUT2D eigenvalue weighted by Crippen LogP contribution is 2.48. The number of hydrogen-bond acceptors (Lipinski definition) is 11. The maximum Gasteiger partial charge on any atom is 0.408 e. The third-order valence-electron chi connectivity index (χ3n) is 11.6. The Morgan fingerprint density at radius 1 is 1.14 bits per heavy atom. The normalized spacial score (nSPS) is 28.9. The van der Waals surface area contributed by atoms with E-state index in [-0.39, 0.29) is 38.1 Å². The van der Waals surface area contributed by atoms with E-state index >= 15 is 0 Å². The summed E-state index contributed by atoms with van der Waals surface area (Å²) in [5, 5.41) is 6.45. The van der Waals surface area contributed by atoms with Gasteiger partial charge < -0.3 is 34.5 Å². The van der Waals surface area contributed by atoms with Crippen LogP contribution >= 0.6 is 0 Å². The van der Waals surface area contributed by atoms with Crippen molar-refractivity contribution >= 4 is 44.6 Å². The number of aromatic nitrogens is 1. The lowest BCUT2D eigenvalue weighted by molar-refractivity contribution is -0.153. The molecule has 2 saturated carbocycles. The lowest BCUT2D eigenvalue weighted by Crippen LogP contribution is -2.61. The van der Waals surface area contributed by atoms with Crippen molar-refractivity contribution in [3.8, 4) is 11.6 Å². The van der Waals surface area contributed by atoms with Gasteiger partial charge in [-0.1, -0.05) is 12.2 Å². The molecule has 2 aliphatic heterocycles. The van der Waals surface area contributed by atoms with Gasteiger partial charge in [0.15, 0.2) is 5.60 Å². The molecule has 3 fully saturated rings. The second-order valence-electron chi connectivity index (χ2n) is 16.3. The molecule has 4 aliphatic rings. The second kappa shape index (κ2) is 15.8. The molecular weight excluding hydrogens is 788 g/mol. The number of carbonyl (C=O) groups is 4. The van der Waals surface area contributed by atoms with E-state index in [9.17, 15) is 40.8 Å². The lowest BCUT2D eigenvalue weighted by atomic mass is 10.0. The van der Waals surface area contributed by atoms with Gasteiger partial charge in [-0.25, -0.2) is 31.4 Å². The summed E-state index contributed by atoms with van der Waals surface area (Å²) >= 11 is 0. The zero-order chi connectivity index (χ0) is 42.4. The summed E-state index contributed by atoms with van der Waals surface area (Å²) in [5.74, 6) is -6.06. The van der Waals surface area contributed by atoms with Crippen LogP contribution < -0.4 is 24.8 Å². The highest BCUT2D eigenvalue weighted by Gasteiger charge is 2.64. The molecule has 0 radical (unpaired) electrons. The number of nitrogens with zero attached hydrogens (tertiary/aromatic N) is 2. The van der Waals surface area contributed by atoms with E-state index in [0.717, 1.165) is 24.1 Å². The predicted octanol–water partition coefficient (Wildman–Crippen LogP) is 4.09. The fourth-order valence-corrected chi connectivity index (χ4v) is 8.67. The second-order valence-corrected chi connectivity index (χ2v) is 18.4. The number of alkyl carbamates (subject to hydrolysis) is 1. The van der Waals surface area contributed by atoms with Crippen molar-refractivity contribution in [2.24, 2.45) is 5.92 Å². The van der Waals surface area contributed by atoms with Crippen molar-refractivity contribution in [1.29, 1.82) is 0 Å². The number of ether oxygens (including phenoxy) is 4. The van der Waals surface area contributed by atoms with E-state index in [0.29, 0.717) is 30.9 Å². The molecule has 2 aliphatic carbocycles. The highest BCUT2D eigenvalue weighted by atomic mass is 32.2. The van der Waals surface area contributed by atoms with E-state index in [2.05, 4.69) is 15.6 Å². The molecule has 3 N–H and O–H groups in total. The topological polar surface area (TPSA) is 192 Å². The predicted molar refractivity (Wildman–Crippen MR) is 203 cm³/mol. The van der Waals surface area contributed by atoms with Crippen molar-refractivity contribution in [3.05, 3.63) is 42.6 Å². The molecule has 1 aromatic heterocycles. The molecule has 4 amide bonds. The Hall–Kier alpha value is -4.65. The minimum absolute atomic E-state index is 0.0140. The number of methoxy groups -OCH3 is 1. The summed E-state index contributed by atoms with van der Waals surface area (Å²) in [6.45, 7) is 4.45. The van der Waals surface area contributed by atoms with Crippen LogP contribution in [-0.2, 0) is 33.9 Å². The molecule has 7 unspecified atom stereocenters. The van der Waals surface area contributed by atoms with Crippen LogP contribution in [0.1, 0.15) is 73.1 Å². The molecule has 0 spiro atoms. The number of sulfonamides is 1. The van der Waals surface area contributed by atoms with E-state index in [1.807, 2.05) is 4.72 Å². The van der Waals surface area contributed by atoms with Crippen molar-refractivity contribution in [3.63, 3.8) is 0 Å². The fraction of sp³-hybridized carbons (Fsp3) is 0.615. The number of benzene rings is 1. The van der Waals surface area contributed by atoms with Gasteiger partial charge in [-0.15, -0.1) is 0 Å². The van der Waals surface area contributed by atoms with Crippen molar-refractivity contribution in [1.82, 2.24) is 25.2 Å². The van der Waals surface area contributed by atoms with Gasteiger partial charge in [0, 0.05) is 30.8 Å². The number of allylic oxidation sites excluding steroid dienone is 1. The van der Waals surface area contributed by atoms with Crippen LogP contribution in [0.3, 0.4) is 0 Å². The first kappa shape index (κ1) is 42.9. The third kappa shape index (κ3) is 8.56. The van der Waals surface area contributed by atoms with Gasteiger partial charge >= 0.3 is 6.09 Å². The van der Waals surface area contributed by atoms with Crippen LogP contribution in [0.15, 0.2) is 42.6 Å². The minimum Gasteiger partial charge on any atom is -0.497 e. The lowest BCUT2D eigenvalue weighted by Gasteiger charge is -2.35. The average Bonchev–Trinajstić information content (AvgIpc) is 4.05. The van der Waals surface area contributed by atoms with E-state index in [4.69, 9.17) is 18.9 Å². The Bertz CT molecular complexity index is 2080. The van der Waals surface area contributed by atoms with Crippen LogP contribution in [0.2, 0.25) is 0 Å². The standard InChI is InChI=1S/C39H50F3N5O10S/c1-22-9-7-8-10-25-19-39(25,34(50)46-58(52,53)38(21-40)14-15-38)45-31(48)29-18-27(56-32-28-12-11-26(54-6)17-24(28)13-16-43-32)20-47(29)33(49)30(23(2)55-22)44-35(51)57-36(3,4)37(5,41)42/h8,10-13,16-17,22-23,25,27,29-30H,7,9,14-15,18-21H2,1-6H3,(H,44,51)(H,45,48)(H,46,50). The Morgan fingerprint density at radius 3 is 2.52 bits per heavy atom. The number of fused-ring (bicyclic) bond motifs is 3. The number of pyridine rings is 1. The van der Waals surface area contributed by atoms with Crippen LogP contribution in [0.5, 0.6) is 11.6 Å². The number of alkyl halides is 3. The summed E-state index contributed by atoms with van der Waals surface area (Å²) in [5.41, 5.74) is -4.04. The van der Waals surface area contributed by atoms with E-state index in [1.54, 1.807) is 43.3 Å². The Kier molecular flexibility index (Phi) is 11.7. The average molecular weight is 838 g/mol. The van der Waals surface area contributed by atoms with Crippen LogP contribution in [0.4, 0.5) is 18.0 Å². The maximum absolute atomic E-state index is 14.7. The van der Waals surface area contributed by atoms with Gasteiger partial charge in [-0.2, -0.15) is 0 Å². The number of carbonyl (C=O) groups excluding carboxylic acids is 4. The highest BCUT2D eigenvalue weighted by molar-refractivity contribution is 7.91. The van der Waals surface area contributed by atoms with Crippen molar-refractivity contribution < 1.29 is 59.7 Å². The maximum atomic E-state index is 14.7. The molecule has 1 aromatic carbocycles. The molecule has 1 saturated heterocycles. The molecule has 6 rings (SSSR count). The Labute approximate surface area is 334 Å². The number of rotatable bonds is 10. The van der Waals surface area contributed by atoms with Crippen LogP contribution in [0, 0.1) is 5.92 Å². The zero-order valence-corrected chi connectivity index (χ0v) is 34.0. The zero-order valence-electron chi connectivity index (χ0n) is 33.2. The molecule has 19 heteroatoms. The molecule has 58 heavy (non-hydrogen) atoms. The first-order valence-corrected chi connectivity index (χ1v) is 20.7. The molecule has 0 bridgehead atoms.